The normalized spacial score (nSPS) is 15.8. The fourth-order valence-electron chi connectivity index (χ4n) is 3.94. The smallest absolute Gasteiger partial charge is 0.372 e. The molecule has 160 valence electrons. The molecule has 1 aliphatic heterocycles. The number of hydrogen-bond donors (Lipinski definition) is 1. The number of carboxylic acids is 1. The Morgan fingerprint density at radius 3 is 2.10 bits per heavy atom. The number of hydrogen-bond acceptors (Lipinski definition) is 4. The Hall–Kier alpha value is -2.21. The number of rotatable bonds is 8. The van der Waals surface area contributed by atoms with Crippen molar-refractivity contribution < 1.29 is 19.5 Å². The lowest BCUT2D eigenvalue weighted by atomic mass is 9.69. The number of carboxylic acid groups (broad SMARTS) is 1. The van der Waals surface area contributed by atoms with Crippen molar-refractivity contribution in [3.8, 4) is 0 Å². The van der Waals surface area contributed by atoms with E-state index in [0.717, 1.165) is 25.2 Å². The summed E-state index contributed by atoms with van der Waals surface area (Å²) in [4.78, 5) is 38.0. The number of halogens is 2. The molecule has 0 amide bonds. The summed E-state index contributed by atoms with van der Waals surface area (Å²) in [6.45, 7) is 2.24. The van der Waals surface area contributed by atoms with Gasteiger partial charge in [0.2, 0.25) is 5.78 Å². The molecule has 0 atom stereocenters. The lowest BCUT2D eigenvalue weighted by Crippen LogP contribution is -2.46. The Morgan fingerprint density at radius 1 is 0.933 bits per heavy atom. The van der Waals surface area contributed by atoms with Gasteiger partial charge in [-0.2, -0.15) is 0 Å². The zero-order valence-corrected chi connectivity index (χ0v) is 18.1. The molecule has 3 rings (SSSR count). The van der Waals surface area contributed by atoms with Crippen molar-refractivity contribution in [1.29, 1.82) is 0 Å². The molecule has 1 heterocycles. The number of carbonyl (C=O) groups is 3. The fraction of sp³-hybridized carbons (Fsp3) is 0.348. The van der Waals surface area contributed by atoms with Gasteiger partial charge in [-0.05, 0) is 55.6 Å². The molecule has 0 unspecified atom stereocenters. The summed E-state index contributed by atoms with van der Waals surface area (Å²) in [5.74, 6) is -2.88. The monoisotopic (exact) mass is 449 g/mol. The van der Waals surface area contributed by atoms with Gasteiger partial charge in [0, 0.05) is 17.0 Å². The van der Waals surface area contributed by atoms with Gasteiger partial charge < -0.3 is 5.11 Å². The maximum absolute atomic E-state index is 13.0. The number of benzene rings is 2. The second-order valence-corrected chi connectivity index (χ2v) is 8.11. The molecule has 0 spiro atoms. The topological polar surface area (TPSA) is 74.7 Å². The van der Waals surface area contributed by atoms with Crippen LogP contribution in [0, 0.1) is 5.41 Å². The molecule has 1 N–H and O–H groups in total. The van der Waals surface area contributed by atoms with E-state index in [4.69, 9.17) is 16.7 Å². The molecule has 1 fully saturated rings. The van der Waals surface area contributed by atoms with Crippen LogP contribution < -0.4 is 0 Å². The zero-order chi connectivity index (χ0) is 20.9. The predicted molar refractivity (Wildman–Crippen MR) is 118 cm³/mol. The van der Waals surface area contributed by atoms with Gasteiger partial charge in [-0.25, -0.2) is 4.79 Å². The van der Waals surface area contributed by atoms with E-state index in [0.29, 0.717) is 24.3 Å². The van der Waals surface area contributed by atoms with Gasteiger partial charge in [0.15, 0.2) is 0 Å². The Balaban J connectivity index is 0.00000320. The molecule has 30 heavy (non-hydrogen) atoms. The van der Waals surface area contributed by atoms with Gasteiger partial charge in [0.1, 0.15) is 5.78 Å². The van der Waals surface area contributed by atoms with Crippen molar-refractivity contribution in [3.63, 3.8) is 0 Å². The summed E-state index contributed by atoms with van der Waals surface area (Å²) in [7, 11) is 0. The number of likely N-dealkylation sites (tertiary alicyclic amines) is 1. The third-order valence-corrected chi connectivity index (χ3v) is 5.92. The van der Waals surface area contributed by atoms with E-state index < -0.39 is 23.6 Å². The number of piperidine rings is 1. The highest BCUT2D eigenvalue weighted by atomic mass is 35.5. The Morgan fingerprint density at radius 2 is 1.53 bits per heavy atom. The molecular weight excluding hydrogens is 425 g/mol. The van der Waals surface area contributed by atoms with Crippen molar-refractivity contribution >= 4 is 41.5 Å². The van der Waals surface area contributed by atoms with Gasteiger partial charge in [-0.1, -0.05) is 54.1 Å². The number of carbonyl (C=O) groups excluding carboxylic acids is 2. The molecule has 0 bridgehead atoms. The first kappa shape index (κ1) is 24.1. The van der Waals surface area contributed by atoms with Gasteiger partial charge >= 0.3 is 5.97 Å². The Kier molecular flexibility index (Phi) is 8.59. The summed E-state index contributed by atoms with van der Waals surface area (Å²) in [6.07, 6.45) is 1.11. The molecular formula is C23H25Cl2NO4. The second kappa shape index (κ2) is 10.7. The molecule has 0 aliphatic carbocycles. The van der Waals surface area contributed by atoms with E-state index in [9.17, 15) is 14.4 Å². The molecule has 1 aliphatic rings. The third-order valence-electron chi connectivity index (χ3n) is 5.67. The molecule has 2 aromatic rings. The summed E-state index contributed by atoms with van der Waals surface area (Å²) in [5, 5.41) is 9.53. The molecule has 2 aromatic carbocycles. The minimum atomic E-state index is -1.55. The van der Waals surface area contributed by atoms with Gasteiger partial charge in [-0.15, -0.1) is 12.4 Å². The SMILES string of the molecule is Cl.O=C(O)C(=O)CC(=O)C1(Cc2ccc(Cl)cc2)CCN(Cc2ccccc2)CC1. The van der Waals surface area contributed by atoms with Gasteiger partial charge in [-0.3, -0.25) is 14.5 Å². The van der Waals surface area contributed by atoms with Crippen LogP contribution in [0.15, 0.2) is 54.6 Å². The molecule has 5 nitrogen and oxygen atoms in total. The van der Waals surface area contributed by atoms with Crippen LogP contribution in [0.2, 0.25) is 5.02 Å². The lowest BCUT2D eigenvalue weighted by Gasteiger charge is -2.41. The minimum absolute atomic E-state index is 0. The van der Waals surface area contributed by atoms with Crippen LogP contribution in [0.4, 0.5) is 0 Å². The first-order chi connectivity index (χ1) is 13.9. The number of ketones is 2. The van der Waals surface area contributed by atoms with E-state index in [1.807, 2.05) is 30.3 Å². The van der Waals surface area contributed by atoms with E-state index in [-0.39, 0.29) is 18.2 Å². The average Bonchev–Trinajstić information content (AvgIpc) is 2.72. The highest BCUT2D eigenvalue weighted by Gasteiger charge is 2.42. The Bertz CT molecular complexity index is 876. The lowest BCUT2D eigenvalue weighted by molar-refractivity contribution is -0.151. The van der Waals surface area contributed by atoms with Crippen molar-refractivity contribution in [3.05, 3.63) is 70.7 Å². The first-order valence-corrected chi connectivity index (χ1v) is 10.1. The summed E-state index contributed by atoms with van der Waals surface area (Å²) >= 11 is 5.97. The number of aliphatic carboxylic acids is 1. The highest BCUT2D eigenvalue weighted by Crippen LogP contribution is 2.38. The van der Waals surface area contributed by atoms with Crippen molar-refractivity contribution in [1.82, 2.24) is 4.90 Å². The summed E-state index contributed by atoms with van der Waals surface area (Å²) in [6, 6.07) is 17.5. The maximum atomic E-state index is 13.0. The predicted octanol–water partition coefficient (Wildman–Crippen LogP) is 4.20. The molecule has 0 aromatic heterocycles. The van der Waals surface area contributed by atoms with Gasteiger partial charge in [0.05, 0.1) is 6.42 Å². The largest absolute Gasteiger partial charge is 0.475 e. The van der Waals surface area contributed by atoms with Crippen LogP contribution in [0.3, 0.4) is 0 Å². The third kappa shape index (κ3) is 6.14. The van der Waals surface area contributed by atoms with Crippen LogP contribution in [0.5, 0.6) is 0 Å². The molecule has 0 saturated carbocycles. The van der Waals surface area contributed by atoms with E-state index in [1.165, 1.54) is 5.56 Å². The van der Waals surface area contributed by atoms with Gasteiger partial charge in [0.25, 0.3) is 0 Å². The quantitative estimate of drug-likeness (QED) is 0.482. The fourth-order valence-corrected chi connectivity index (χ4v) is 4.06. The van der Waals surface area contributed by atoms with Crippen LogP contribution in [0.25, 0.3) is 0 Å². The van der Waals surface area contributed by atoms with Crippen LogP contribution in [0.1, 0.15) is 30.4 Å². The van der Waals surface area contributed by atoms with Crippen molar-refractivity contribution in [2.24, 2.45) is 5.41 Å². The van der Waals surface area contributed by atoms with Crippen LogP contribution in [-0.2, 0) is 27.3 Å². The van der Waals surface area contributed by atoms with Crippen molar-refractivity contribution in [2.45, 2.75) is 32.2 Å². The summed E-state index contributed by atoms with van der Waals surface area (Å²) < 4.78 is 0. The molecule has 1 saturated heterocycles. The average molecular weight is 450 g/mol. The van der Waals surface area contributed by atoms with Crippen LogP contribution >= 0.6 is 24.0 Å². The van der Waals surface area contributed by atoms with E-state index in [1.54, 1.807) is 12.1 Å². The second-order valence-electron chi connectivity index (χ2n) is 7.67. The first-order valence-electron chi connectivity index (χ1n) is 9.68. The Labute approximate surface area is 187 Å². The number of Topliss-reactive ketones (excluding diaryl/α,β-unsaturated/α-hetero) is 2. The zero-order valence-electron chi connectivity index (χ0n) is 16.6. The van der Waals surface area contributed by atoms with Crippen LogP contribution in [-0.4, -0.2) is 40.6 Å². The molecule has 7 heteroatoms. The standard InChI is InChI=1S/C23H24ClNO4.ClH/c24-19-8-6-17(7-9-19)15-23(21(27)14-20(26)22(28)29)10-12-25(13-11-23)16-18-4-2-1-3-5-18;/h1-9H,10-16H2,(H,28,29);1H. The highest BCUT2D eigenvalue weighted by molar-refractivity contribution is 6.36. The summed E-state index contributed by atoms with van der Waals surface area (Å²) in [5.41, 5.74) is 1.44. The van der Waals surface area contributed by atoms with E-state index >= 15 is 0 Å². The van der Waals surface area contributed by atoms with E-state index in [2.05, 4.69) is 17.0 Å². The molecule has 0 radical (unpaired) electrons. The minimum Gasteiger partial charge on any atom is -0.475 e. The van der Waals surface area contributed by atoms with Crippen molar-refractivity contribution in [2.75, 3.05) is 13.1 Å². The maximum Gasteiger partial charge on any atom is 0.372 e. The number of nitrogens with zero attached hydrogens (tertiary/aromatic N) is 1.